The van der Waals surface area contributed by atoms with E-state index in [9.17, 15) is 9.59 Å². The molecular weight excluding hydrogens is 180 g/mol. The van der Waals surface area contributed by atoms with E-state index < -0.39 is 0 Å². The lowest BCUT2D eigenvalue weighted by Gasteiger charge is -3.02. The Labute approximate surface area is 80.1 Å². The van der Waals surface area contributed by atoms with Crippen LogP contribution in [0.1, 0.15) is 0 Å². The van der Waals surface area contributed by atoms with E-state index in [0.717, 1.165) is 6.29 Å². The summed E-state index contributed by atoms with van der Waals surface area (Å²) in [6.07, 6.45) is 1.13. The van der Waals surface area contributed by atoms with Gasteiger partial charge in [-0.25, -0.2) is 0 Å². The van der Waals surface area contributed by atoms with E-state index in [0.29, 0.717) is 23.7 Å². The van der Waals surface area contributed by atoms with Crippen LogP contribution in [0.5, 0.6) is 0 Å². The van der Waals surface area contributed by atoms with Crippen molar-refractivity contribution in [2.45, 2.75) is 0 Å². The van der Waals surface area contributed by atoms with Crippen LogP contribution in [0.4, 0.5) is 0 Å². The largest absolute Gasteiger partial charge is 0.468 e. The maximum absolute atomic E-state index is 11.6. The molecule has 0 aliphatic heterocycles. The highest BCUT2D eigenvalue weighted by Gasteiger charge is 3.06. The van der Waals surface area contributed by atoms with Gasteiger partial charge in [0, 0.05) is 11.8 Å². The molecule has 0 heterocycles. The molecule has 0 saturated heterocycles. The second kappa shape index (κ2) is 1.23. The van der Waals surface area contributed by atoms with Crippen LogP contribution in [-0.4, -0.2) is 19.4 Å². The monoisotopic (exact) mass is 188 g/mol. The quantitative estimate of drug-likeness (QED) is 0.352. The van der Waals surface area contributed by atoms with Gasteiger partial charge in [0.25, 0.3) is 0 Å². The van der Waals surface area contributed by atoms with Gasteiger partial charge in [0.15, 0.2) is 0 Å². The first kappa shape index (κ1) is 6.38. The van der Waals surface area contributed by atoms with Crippen molar-refractivity contribution in [2.24, 2.45) is 34.5 Å². The van der Waals surface area contributed by atoms with Crippen LogP contribution in [0.25, 0.3) is 0 Å². The number of esters is 1. The summed E-state index contributed by atoms with van der Waals surface area (Å²) < 4.78 is 4.86. The number of carbonyl (C=O) groups is 2. The minimum atomic E-state index is -0.190. The number of methoxy groups -OCH3 is 1. The van der Waals surface area contributed by atoms with Crippen LogP contribution < -0.4 is 0 Å². The van der Waals surface area contributed by atoms with Crippen LogP contribution in [0, 0.1) is 34.5 Å². The fraction of sp³-hybridized carbons (Fsp3) is 0.636. The highest BCUT2D eigenvalue weighted by Crippen LogP contribution is 3.06. The third-order valence-corrected chi connectivity index (χ3v) is 5.73. The summed E-state index contributed by atoms with van der Waals surface area (Å²) in [5.74, 6) is 1.85. The maximum Gasteiger partial charge on any atom is 0.316 e. The van der Waals surface area contributed by atoms with E-state index in [1.54, 1.807) is 0 Å². The second-order valence-corrected chi connectivity index (χ2v) is 5.25. The maximum atomic E-state index is 11.6. The predicted molar refractivity (Wildman–Crippen MR) is 43.9 cm³/mol. The van der Waals surface area contributed by atoms with Gasteiger partial charge in [0.1, 0.15) is 11.7 Å². The number of allylic oxidation sites excluding steroid dienone is 1. The Balaban J connectivity index is 1.73. The summed E-state index contributed by atoms with van der Waals surface area (Å²) in [4.78, 5) is 22.6. The molecule has 6 atom stereocenters. The molecule has 0 spiro atoms. The van der Waals surface area contributed by atoms with Gasteiger partial charge in [-0.3, -0.25) is 4.79 Å². The Kier molecular flexibility index (Phi) is 0.558. The molecule has 0 radical (unpaired) electrons. The molecule has 0 amide bonds. The van der Waals surface area contributed by atoms with E-state index >= 15 is 0 Å². The van der Waals surface area contributed by atoms with Crippen molar-refractivity contribution in [2.75, 3.05) is 7.11 Å². The molecule has 4 fully saturated rings. The molecule has 3 heteroatoms. The number of carbonyl (C=O) groups excluding carboxylic acids is 2. The van der Waals surface area contributed by atoms with Gasteiger partial charge in [-0.2, -0.15) is 0 Å². The number of aldehydes is 1. The molecule has 6 rings (SSSR count). The van der Waals surface area contributed by atoms with Crippen LogP contribution >= 0.6 is 0 Å². The first-order chi connectivity index (χ1) is 6.77. The molecule has 6 unspecified atom stereocenters. The average molecular weight is 188 g/mol. The van der Waals surface area contributed by atoms with E-state index in [-0.39, 0.29) is 16.8 Å². The lowest BCUT2D eigenvalue weighted by molar-refractivity contribution is -0.410. The van der Waals surface area contributed by atoms with E-state index in [1.807, 2.05) is 0 Å². The van der Waals surface area contributed by atoms with Crippen LogP contribution in [0.3, 0.4) is 0 Å². The third kappa shape index (κ3) is 0.217. The molecule has 6 aliphatic rings. The van der Waals surface area contributed by atoms with E-state index in [4.69, 9.17) is 4.74 Å². The second-order valence-electron chi connectivity index (χ2n) is 5.25. The number of ether oxygens (including phenoxy) is 1. The summed E-state index contributed by atoms with van der Waals surface area (Å²) in [6.45, 7) is 0. The van der Waals surface area contributed by atoms with Gasteiger partial charge in [-0.15, -0.1) is 0 Å². The van der Waals surface area contributed by atoms with Gasteiger partial charge in [0.2, 0.25) is 0 Å². The minimum Gasteiger partial charge on any atom is -0.468 e. The molecule has 70 valence electrons. The summed E-state index contributed by atoms with van der Waals surface area (Å²) in [5.41, 5.74) is 2.40. The van der Waals surface area contributed by atoms with Crippen molar-refractivity contribution >= 4 is 12.3 Å². The van der Waals surface area contributed by atoms with Gasteiger partial charge < -0.3 is 9.53 Å². The molecular formula is C11H8O3. The zero-order chi connectivity index (χ0) is 9.46. The van der Waals surface area contributed by atoms with Crippen LogP contribution in [0.15, 0.2) is 11.1 Å². The molecule has 6 aliphatic carbocycles. The highest BCUT2D eigenvalue weighted by atomic mass is 16.5. The van der Waals surface area contributed by atoms with Crippen LogP contribution in [-0.2, 0) is 14.3 Å². The Bertz CT molecular complexity index is 491. The molecule has 3 nitrogen and oxygen atoms in total. The molecule has 0 bridgehead atoms. The smallest absolute Gasteiger partial charge is 0.316 e. The third-order valence-electron chi connectivity index (χ3n) is 5.73. The highest BCUT2D eigenvalue weighted by molar-refractivity contribution is 6.03. The Morgan fingerprint density at radius 2 is 2.14 bits per heavy atom. The standard InChI is InChI=1S/C11H8O3/c1-14-9(13)11-6-3-7(11)5-8(11)4(6)10(3,5)2-12/h2-4,6-7H,1H3. The fourth-order valence-corrected chi connectivity index (χ4v) is 5.54. The normalized spacial score (nSPS) is 66.4. The average Bonchev–Trinajstić information content (AvgIpc) is 2.27. The number of hydrogen-bond donors (Lipinski definition) is 0. The molecule has 4 saturated carbocycles. The first-order valence-electron chi connectivity index (χ1n) is 5.07. The van der Waals surface area contributed by atoms with Gasteiger partial charge in [-0.05, 0) is 17.4 Å². The Morgan fingerprint density at radius 1 is 1.36 bits per heavy atom. The number of rotatable bonds is 2. The first-order valence-corrected chi connectivity index (χ1v) is 5.07. The van der Waals surface area contributed by atoms with Crippen molar-refractivity contribution in [3.05, 3.63) is 11.1 Å². The molecule has 0 aromatic heterocycles. The summed E-state index contributed by atoms with van der Waals surface area (Å²) in [6, 6.07) is 0. The zero-order valence-electron chi connectivity index (χ0n) is 7.61. The zero-order valence-corrected chi connectivity index (χ0v) is 7.61. The van der Waals surface area contributed by atoms with E-state index in [2.05, 4.69) is 0 Å². The number of hydrogen-bond acceptors (Lipinski definition) is 3. The van der Waals surface area contributed by atoms with Gasteiger partial charge >= 0.3 is 5.97 Å². The lowest BCUT2D eigenvalue weighted by atomic mass is 8.98. The topological polar surface area (TPSA) is 43.4 Å². The van der Waals surface area contributed by atoms with Crippen molar-refractivity contribution in [1.29, 1.82) is 0 Å². The Hall–Kier alpha value is -1.12. The minimum absolute atomic E-state index is 0.0412. The Morgan fingerprint density at radius 3 is 2.50 bits per heavy atom. The van der Waals surface area contributed by atoms with Crippen LogP contribution in [0.2, 0.25) is 0 Å². The molecule has 14 heavy (non-hydrogen) atoms. The molecule has 0 aromatic carbocycles. The predicted octanol–water partition coefficient (Wildman–Crippen LogP) is 0.160. The van der Waals surface area contributed by atoms with Crippen molar-refractivity contribution in [1.82, 2.24) is 0 Å². The SMILES string of the molecule is COC(=O)C12C3=C4C1C1C2C3C41C=O. The van der Waals surface area contributed by atoms with Gasteiger partial charge in [-0.1, -0.05) is 5.57 Å². The molecule has 0 N–H and O–H groups in total. The fourth-order valence-electron chi connectivity index (χ4n) is 5.54. The van der Waals surface area contributed by atoms with Crippen molar-refractivity contribution in [3.8, 4) is 0 Å². The van der Waals surface area contributed by atoms with Crippen molar-refractivity contribution in [3.63, 3.8) is 0 Å². The summed E-state index contributed by atoms with van der Waals surface area (Å²) >= 11 is 0. The van der Waals surface area contributed by atoms with E-state index in [1.165, 1.54) is 18.3 Å². The van der Waals surface area contributed by atoms with Gasteiger partial charge in [0.05, 0.1) is 12.5 Å². The summed E-state index contributed by atoms with van der Waals surface area (Å²) in [5, 5.41) is 0. The summed E-state index contributed by atoms with van der Waals surface area (Å²) in [7, 11) is 1.46. The lowest BCUT2D eigenvalue weighted by Crippen LogP contribution is -3.02. The molecule has 0 aromatic rings. The van der Waals surface area contributed by atoms with Crippen molar-refractivity contribution < 1.29 is 14.3 Å².